The minimum Gasteiger partial charge on any atom is -0.487 e. The SMILES string of the molecule is CCCCNc1ccc([N+](=O)[O-])c(OCC)c1. The van der Waals surface area contributed by atoms with Crippen LogP contribution < -0.4 is 10.1 Å². The highest BCUT2D eigenvalue weighted by Crippen LogP contribution is 2.29. The van der Waals surface area contributed by atoms with Gasteiger partial charge in [-0.15, -0.1) is 0 Å². The summed E-state index contributed by atoms with van der Waals surface area (Å²) < 4.78 is 5.26. The molecule has 0 heterocycles. The maximum absolute atomic E-state index is 10.8. The number of nitro groups is 1. The van der Waals surface area contributed by atoms with E-state index < -0.39 is 4.92 Å². The van der Waals surface area contributed by atoms with Gasteiger partial charge < -0.3 is 10.1 Å². The number of hydrogen-bond acceptors (Lipinski definition) is 4. The number of nitrogens with one attached hydrogen (secondary N) is 1. The molecule has 1 aromatic carbocycles. The molecule has 0 amide bonds. The number of nitro benzene ring substituents is 1. The Bertz CT molecular complexity index is 380. The lowest BCUT2D eigenvalue weighted by Gasteiger charge is -2.08. The molecule has 1 rings (SSSR count). The molecule has 0 radical (unpaired) electrons. The lowest BCUT2D eigenvalue weighted by atomic mass is 10.2. The van der Waals surface area contributed by atoms with Gasteiger partial charge in [-0.05, 0) is 19.4 Å². The summed E-state index contributed by atoms with van der Waals surface area (Å²) in [6, 6.07) is 4.85. The largest absolute Gasteiger partial charge is 0.487 e. The van der Waals surface area contributed by atoms with E-state index in [1.807, 2.05) is 0 Å². The fourth-order valence-electron chi connectivity index (χ4n) is 1.46. The zero-order chi connectivity index (χ0) is 12.7. The minimum absolute atomic E-state index is 0.00731. The standard InChI is InChI=1S/C12H18N2O3/c1-3-5-8-13-10-6-7-11(14(15)16)12(9-10)17-4-2/h6-7,9,13H,3-5,8H2,1-2H3. The molecule has 0 saturated heterocycles. The van der Waals surface area contributed by atoms with E-state index in [0.717, 1.165) is 25.1 Å². The molecule has 5 nitrogen and oxygen atoms in total. The minimum atomic E-state index is -0.430. The molecule has 0 aliphatic carbocycles. The molecule has 0 aliphatic rings. The fraction of sp³-hybridized carbons (Fsp3) is 0.500. The highest BCUT2D eigenvalue weighted by molar-refractivity contribution is 5.57. The lowest BCUT2D eigenvalue weighted by molar-refractivity contribution is -0.385. The Labute approximate surface area is 101 Å². The van der Waals surface area contributed by atoms with Crippen molar-refractivity contribution in [3.05, 3.63) is 28.3 Å². The van der Waals surface area contributed by atoms with E-state index in [1.54, 1.807) is 19.1 Å². The summed E-state index contributed by atoms with van der Waals surface area (Å²) in [5.74, 6) is 0.319. The van der Waals surface area contributed by atoms with Gasteiger partial charge in [0.05, 0.1) is 11.5 Å². The van der Waals surface area contributed by atoms with Gasteiger partial charge in [-0.2, -0.15) is 0 Å². The molecule has 0 bridgehead atoms. The van der Waals surface area contributed by atoms with Gasteiger partial charge in [0.25, 0.3) is 0 Å². The Balaban J connectivity index is 2.81. The van der Waals surface area contributed by atoms with E-state index in [0.29, 0.717) is 12.4 Å². The van der Waals surface area contributed by atoms with Crippen molar-refractivity contribution in [1.82, 2.24) is 0 Å². The van der Waals surface area contributed by atoms with Crippen molar-refractivity contribution in [2.24, 2.45) is 0 Å². The molecule has 0 aliphatic heterocycles. The Morgan fingerprint density at radius 2 is 2.18 bits per heavy atom. The van der Waals surface area contributed by atoms with Crippen molar-refractivity contribution in [3.8, 4) is 5.75 Å². The number of nitrogens with zero attached hydrogens (tertiary/aromatic N) is 1. The molecule has 0 spiro atoms. The van der Waals surface area contributed by atoms with Crippen LogP contribution in [-0.4, -0.2) is 18.1 Å². The summed E-state index contributed by atoms with van der Waals surface area (Å²) in [5, 5.41) is 14.0. The zero-order valence-corrected chi connectivity index (χ0v) is 10.2. The van der Waals surface area contributed by atoms with Crippen LogP contribution in [0.5, 0.6) is 5.75 Å². The van der Waals surface area contributed by atoms with Gasteiger partial charge >= 0.3 is 5.69 Å². The third-order valence-electron chi connectivity index (χ3n) is 2.32. The summed E-state index contributed by atoms with van der Waals surface area (Å²) in [5.41, 5.74) is 0.861. The lowest BCUT2D eigenvalue weighted by Crippen LogP contribution is -2.03. The first-order valence-electron chi connectivity index (χ1n) is 5.84. The predicted molar refractivity (Wildman–Crippen MR) is 67.7 cm³/mol. The maximum atomic E-state index is 10.8. The first kappa shape index (κ1) is 13.3. The average Bonchev–Trinajstić information content (AvgIpc) is 2.30. The fourth-order valence-corrected chi connectivity index (χ4v) is 1.46. The maximum Gasteiger partial charge on any atom is 0.311 e. The average molecular weight is 238 g/mol. The van der Waals surface area contributed by atoms with Crippen LogP contribution in [0, 0.1) is 10.1 Å². The third-order valence-corrected chi connectivity index (χ3v) is 2.32. The summed E-state index contributed by atoms with van der Waals surface area (Å²) in [7, 11) is 0. The first-order chi connectivity index (χ1) is 8.19. The number of hydrogen-bond donors (Lipinski definition) is 1. The smallest absolute Gasteiger partial charge is 0.311 e. The molecule has 1 N–H and O–H groups in total. The molecule has 0 unspecified atom stereocenters. The number of benzene rings is 1. The van der Waals surface area contributed by atoms with Crippen LogP contribution in [0.2, 0.25) is 0 Å². The second-order valence-electron chi connectivity index (χ2n) is 3.65. The zero-order valence-electron chi connectivity index (χ0n) is 10.2. The third kappa shape index (κ3) is 3.94. The molecule has 0 saturated carbocycles. The van der Waals surface area contributed by atoms with E-state index in [4.69, 9.17) is 4.74 Å². The van der Waals surface area contributed by atoms with Crippen LogP contribution in [-0.2, 0) is 0 Å². The molecule has 94 valence electrons. The van der Waals surface area contributed by atoms with Crippen molar-refractivity contribution in [1.29, 1.82) is 0 Å². The normalized spacial score (nSPS) is 10.0. The van der Waals surface area contributed by atoms with Crippen molar-refractivity contribution in [2.45, 2.75) is 26.7 Å². The van der Waals surface area contributed by atoms with Crippen molar-refractivity contribution >= 4 is 11.4 Å². The molecule has 0 aromatic heterocycles. The first-order valence-corrected chi connectivity index (χ1v) is 5.84. The van der Waals surface area contributed by atoms with Gasteiger partial charge in [-0.3, -0.25) is 10.1 Å². The van der Waals surface area contributed by atoms with Crippen LogP contribution in [0.25, 0.3) is 0 Å². The van der Waals surface area contributed by atoms with E-state index in [9.17, 15) is 10.1 Å². The van der Waals surface area contributed by atoms with E-state index in [2.05, 4.69) is 12.2 Å². The number of anilines is 1. The second-order valence-corrected chi connectivity index (χ2v) is 3.65. The van der Waals surface area contributed by atoms with Crippen LogP contribution in [0.1, 0.15) is 26.7 Å². The van der Waals surface area contributed by atoms with Crippen molar-refractivity contribution in [3.63, 3.8) is 0 Å². The molecule has 1 aromatic rings. The summed E-state index contributed by atoms with van der Waals surface area (Å²) in [6.07, 6.45) is 2.18. The number of unbranched alkanes of at least 4 members (excludes halogenated alkanes) is 1. The monoisotopic (exact) mass is 238 g/mol. The Morgan fingerprint density at radius 3 is 2.76 bits per heavy atom. The van der Waals surface area contributed by atoms with Gasteiger partial charge in [0.1, 0.15) is 0 Å². The Hall–Kier alpha value is -1.78. The van der Waals surface area contributed by atoms with Gasteiger partial charge in [-0.1, -0.05) is 13.3 Å². The van der Waals surface area contributed by atoms with Crippen molar-refractivity contribution < 1.29 is 9.66 Å². The summed E-state index contributed by atoms with van der Waals surface area (Å²) in [6.45, 7) is 5.20. The molecular formula is C12H18N2O3. The number of ether oxygens (including phenoxy) is 1. The summed E-state index contributed by atoms with van der Waals surface area (Å²) in [4.78, 5) is 10.3. The van der Waals surface area contributed by atoms with Gasteiger partial charge in [0.2, 0.25) is 0 Å². The molecule has 5 heteroatoms. The van der Waals surface area contributed by atoms with Crippen LogP contribution in [0.4, 0.5) is 11.4 Å². The van der Waals surface area contributed by atoms with Gasteiger partial charge in [0, 0.05) is 24.4 Å². The van der Waals surface area contributed by atoms with Gasteiger partial charge in [0.15, 0.2) is 5.75 Å². The van der Waals surface area contributed by atoms with E-state index in [-0.39, 0.29) is 5.69 Å². The van der Waals surface area contributed by atoms with E-state index >= 15 is 0 Å². The molecular weight excluding hydrogens is 220 g/mol. The Morgan fingerprint density at radius 1 is 1.41 bits per heavy atom. The highest BCUT2D eigenvalue weighted by Gasteiger charge is 2.14. The summed E-state index contributed by atoms with van der Waals surface area (Å²) >= 11 is 0. The molecule has 0 fully saturated rings. The Kier molecular flexibility index (Phi) is 5.26. The predicted octanol–water partition coefficient (Wildman–Crippen LogP) is 3.21. The highest BCUT2D eigenvalue weighted by atomic mass is 16.6. The second kappa shape index (κ2) is 6.73. The van der Waals surface area contributed by atoms with Crippen LogP contribution in [0.15, 0.2) is 18.2 Å². The van der Waals surface area contributed by atoms with Crippen molar-refractivity contribution in [2.75, 3.05) is 18.5 Å². The topological polar surface area (TPSA) is 64.4 Å². The molecule has 0 atom stereocenters. The van der Waals surface area contributed by atoms with E-state index in [1.165, 1.54) is 6.07 Å². The van der Waals surface area contributed by atoms with Crippen LogP contribution >= 0.6 is 0 Å². The van der Waals surface area contributed by atoms with Gasteiger partial charge in [-0.25, -0.2) is 0 Å². The number of rotatable bonds is 7. The van der Waals surface area contributed by atoms with Crippen LogP contribution in [0.3, 0.4) is 0 Å². The molecule has 17 heavy (non-hydrogen) atoms. The quantitative estimate of drug-likeness (QED) is 0.450.